The van der Waals surface area contributed by atoms with E-state index in [0.29, 0.717) is 0 Å². The van der Waals surface area contributed by atoms with Crippen LogP contribution in [0.1, 0.15) is 46.1 Å². The van der Waals surface area contributed by atoms with Gasteiger partial charge in [0.25, 0.3) is 0 Å². The zero-order chi connectivity index (χ0) is 18.0. The van der Waals surface area contributed by atoms with Crippen LogP contribution < -0.4 is 5.46 Å². The third kappa shape index (κ3) is 2.35. The molecule has 25 heavy (non-hydrogen) atoms. The van der Waals surface area contributed by atoms with Crippen LogP contribution in [0.4, 0.5) is 0 Å². The first-order chi connectivity index (χ1) is 11.7. The van der Waals surface area contributed by atoms with Gasteiger partial charge in [-0.25, -0.2) is 0 Å². The molecule has 0 N–H and O–H groups in total. The SMILES string of the molecule is COC(=O)C1(c2coc3cc(B4OC(C)(C)C(C)(C)O4)ccc23)CC1. The Morgan fingerprint density at radius 2 is 1.76 bits per heavy atom. The molecule has 0 amide bonds. The van der Waals surface area contributed by atoms with Crippen LogP contribution in [0.3, 0.4) is 0 Å². The minimum Gasteiger partial charge on any atom is -0.468 e. The fourth-order valence-corrected chi connectivity index (χ4v) is 3.44. The van der Waals surface area contributed by atoms with Gasteiger partial charge in [0.05, 0.1) is 30.0 Å². The van der Waals surface area contributed by atoms with Crippen molar-refractivity contribution in [1.82, 2.24) is 0 Å². The van der Waals surface area contributed by atoms with Gasteiger partial charge in [0.1, 0.15) is 5.58 Å². The molecule has 0 bridgehead atoms. The molecule has 4 rings (SSSR count). The lowest BCUT2D eigenvalue weighted by Gasteiger charge is -2.32. The van der Waals surface area contributed by atoms with Gasteiger partial charge in [-0.15, -0.1) is 0 Å². The minimum absolute atomic E-state index is 0.190. The number of hydrogen-bond acceptors (Lipinski definition) is 5. The predicted octanol–water partition coefficient (Wildman–Crippen LogP) is 2.94. The van der Waals surface area contributed by atoms with Crippen LogP contribution in [0.25, 0.3) is 11.0 Å². The highest BCUT2D eigenvalue weighted by molar-refractivity contribution is 6.62. The number of ether oxygens (including phenoxy) is 1. The Labute approximate surface area is 147 Å². The van der Waals surface area contributed by atoms with Crippen LogP contribution in [0.5, 0.6) is 0 Å². The average molecular weight is 342 g/mol. The molecule has 2 heterocycles. The summed E-state index contributed by atoms with van der Waals surface area (Å²) in [5.41, 5.74) is 1.25. The lowest BCUT2D eigenvalue weighted by molar-refractivity contribution is -0.143. The third-order valence-electron chi connectivity index (χ3n) is 5.97. The molecule has 1 aliphatic heterocycles. The van der Waals surface area contributed by atoms with Crippen molar-refractivity contribution in [3.8, 4) is 0 Å². The third-order valence-corrected chi connectivity index (χ3v) is 5.97. The number of hydrogen-bond donors (Lipinski definition) is 0. The van der Waals surface area contributed by atoms with E-state index in [4.69, 9.17) is 18.5 Å². The van der Waals surface area contributed by atoms with Crippen LogP contribution in [0.15, 0.2) is 28.9 Å². The van der Waals surface area contributed by atoms with Gasteiger partial charge >= 0.3 is 13.1 Å². The van der Waals surface area contributed by atoms with Crippen molar-refractivity contribution >= 4 is 29.5 Å². The van der Waals surface area contributed by atoms with Crippen LogP contribution >= 0.6 is 0 Å². The molecular formula is C19H23BO5. The molecule has 2 aromatic rings. The Balaban J connectivity index is 1.69. The van der Waals surface area contributed by atoms with Crippen LogP contribution in [-0.2, 0) is 24.3 Å². The number of furan rings is 1. The lowest BCUT2D eigenvalue weighted by atomic mass is 9.78. The van der Waals surface area contributed by atoms with E-state index in [2.05, 4.69) is 0 Å². The zero-order valence-corrected chi connectivity index (χ0v) is 15.3. The molecule has 1 aromatic carbocycles. The summed E-state index contributed by atoms with van der Waals surface area (Å²) in [6.07, 6.45) is 3.28. The van der Waals surface area contributed by atoms with Gasteiger partial charge in [0, 0.05) is 10.9 Å². The maximum absolute atomic E-state index is 12.2. The second kappa shape index (κ2) is 5.11. The normalized spacial score (nSPS) is 23.0. The Morgan fingerprint density at radius 3 is 2.32 bits per heavy atom. The highest BCUT2D eigenvalue weighted by Crippen LogP contribution is 2.51. The molecule has 1 saturated heterocycles. The van der Waals surface area contributed by atoms with Crippen molar-refractivity contribution < 1.29 is 23.3 Å². The first kappa shape index (κ1) is 16.7. The minimum atomic E-state index is -0.536. The van der Waals surface area contributed by atoms with Crippen molar-refractivity contribution in [2.24, 2.45) is 0 Å². The van der Waals surface area contributed by atoms with Gasteiger partial charge in [-0.1, -0.05) is 12.1 Å². The highest BCUT2D eigenvalue weighted by atomic mass is 16.7. The lowest BCUT2D eigenvalue weighted by Crippen LogP contribution is -2.41. The van der Waals surface area contributed by atoms with Crippen LogP contribution in [0.2, 0.25) is 0 Å². The van der Waals surface area contributed by atoms with Gasteiger partial charge in [-0.05, 0) is 52.1 Å². The van der Waals surface area contributed by atoms with Gasteiger partial charge in [0.2, 0.25) is 0 Å². The number of esters is 1. The number of methoxy groups -OCH3 is 1. The summed E-state index contributed by atoms with van der Waals surface area (Å²) < 4.78 is 22.9. The first-order valence-electron chi connectivity index (χ1n) is 8.66. The Hall–Kier alpha value is -1.79. The summed E-state index contributed by atoms with van der Waals surface area (Å²) in [6.45, 7) is 8.13. The van der Waals surface area contributed by atoms with E-state index in [1.54, 1.807) is 6.26 Å². The number of benzene rings is 1. The average Bonchev–Trinajstić information content (AvgIpc) is 3.19. The van der Waals surface area contributed by atoms with Gasteiger partial charge in [-0.2, -0.15) is 0 Å². The number of rotatable bonds is 3. The highest BCUT2D eigenvalue weighted by Gasteiger charge is 2.55. The summed E-state index contributed by atoms with van der Waals surface area (Å²) in [4.78, 5) is 12.2. The summed E-state index contributed by atoms with van der Waals surface area (Å²) in [6, 6.07) is 5.91. The summed E-state index contributed by atoms with van der Waals surface area (Å²) >= 11 is 0. The topological polar surface area (TPSA) is 57.9 Å². The summed E-state index contributed by atoms with van der Waals surface area (Å²) in [7, 11) is 1.000. The molecule has 0 atom stereocenters. The fraction of sp³-hybridized carbons (Fsp3) is 0.526. The van der Waals surface area contributed by atoms with E-state index < -0.39 is 12.5 Å². The van der Waals surface area contributed by atoms with Gasteiger partial charge < -0.3 is 18.5 Å². The molecule has 0 radical (unpaired) electrons. The molecule has 2 fully saturated rings. The summed E-state index contributed by atoms with van der Waals surface area (Å²) in [5, 5.41) is 0.947. The standard InChI is InChI=1S/C19H23BO5/c1-17(2)18(3,4)25-20(24-17)12-6-7-13-14(11-23-15(13)10-12)19(8-9-19)16(21)22-5/h6-7,10-11H,8-9H2,1-5H3. The van der Waals surface area contributed by atoms with Gasteiger partial charge in [0.15, 0.2) is 0 Å². The molecule has 2 aliphatic rings. The molecule has 6 heteroatoms. The maximum Gasteiger partial charge on any atom is 0.494 e. The van der Waals surface area contributed by atoms with Crippen molar-refractivity contribution in [3.63, 3.8) is 0 Å². The number of carbonyl (C=O) groups excluding carboxylic acids is 1. The van der Waals surface area contributed by atoms with Crippen molar-refractivity contribution in [2.45, 2.75) is 57.2 Å². The van der Waals surface area contributed by atoms with Crippen molar-refractivity contribution in [1.29, 1.82) is 0 Å². The zero-order valence-electron chi connectivity index (χ0n) is 15.3. The van der Waals surface area contributed by atoms with E-state index in [9.17, 15) is 4.79 Å². The second-order valence-electron chi connectivity index (χ2n) is 8.07. The number of fused-ring (bicyclic) bond motifs is 1. The number of carbonyl (C=O) groups is 1. The Bertz CT molecular complexity index is 831. The molecule has 0 spiro atoms. The predicted molar refractivity (Wildman–Crippen MR) is 94.9 cm³/mol. The van der Waals surface area contributed by atoms with Crippen LogP contribution in [-0.4, -0.2) is 31.4 Å². The summed E-state index contributed by atoms with van der Waals surface area (Å²) in [5.74, 6) is -0.190. The Kier molecular flexibility index (Phi) is 3.41. The first-order valence-corrected chi connectivity index (χ1v) is 8.66. The van der Waals surface area contributed by atoms with E-state index in [1.165, 1.54) is 7.11 Å². The molecule has 5 nitrogen and oxygen atoms in total. The molecule has 0 unspecified atom stereocenters. The molecule has 132 valence electrons. The van der Waals surface area contributed by atoms with Crippen LogP contribution in [0, 0.1) is 0 Å². The molecule has 1 aliphatic carbocycles. The van der Waals surface area contributed by atoms with E-state index in [-0.39, 0.29) is 17.2 Å². The van der Waals surface area contributed by atoms with E-state index in [1.807, 2.05) is 45.9 Å². The quantitative estimate of drug-likeness (QED) is 0.634. The molecule has 1 saturated carbocycles. The molecule has 1 aromatic heterocycles. The monoisotopic (exact) mass is 342 g/mol. The smallest absolute Gasteiger partial charge is 0.468 e. The molecular weight excluding hydrogens is 319 g/mol. The fourth-order valence-electron chi connectivity index (χ4n) is 3.44. The largest absolute Gasteiger partial charge is 0.494 e. The van der Waals surface area contributed by atoms with Gasteiger partial charge in [-0.3, -0.25) is 4.79 Å². The van der Waals surface area contributed by atoms with Crippen molar-refractivity contribution in [2.75, 3.05) is 7.11 Å². The van der Waals surface area contributed by atoms with E-state index in [0.717, 1.165) is 34.8 Å². The second-order valence-corrected chi connectivity index (χ2v) is 8.07. The maximum atomic E-state index is 12.2. The van der Waals surface area contributed by atoms with Crippen molar-refractivity contribution in [3.05, 3.63) is 30.0 Å². The Morgan fingerprint density at radius 1 is 1.12 bits per heavy atom. The van der Waals surface area contributed by atoms with E-state index >= 15 is 0 Å².